The first-order valence-electron chi connectivity index (χ1n) is 10.1. The van der Waals surface area contributed by atoms with Crippen molar-refractivity contribution in [2.24, 2.45) is 0 Å². The highest BCUT2D eigenvalue weighted by Gasteiger charge is 2.29. The van der Waals surface area contributed by atoms with Gasteiger partial charge in [0.2, 0.25) is 5.91 Å². The van der Waals surface area contributed by atoms with E-state index < -0.39 is 22.5 Å². The number of nitrogens with zero attached hydrogens (tertiary/aromatic N) is 1. The predicted octanol–water partition coefficient (Wildman–Crippen LogP) is 3.22. The van der Waals surface area contributed by atoms with Crippen molar-refractivity contribution in [3.63, 3.8) is 0 Å². The molecule has 0 saturated heterocycles. The maximum absolute atomic E-state index is 13.5. The number of nitrogens with one attached hydrogen (secondary N) is 1. The summed E-state index contributed by atoms with van der Waals surface area (Å²) in [6.45, 7) is -0.255. The van der Waals surface area contributed by atoms with Gasteiger partial charge < -0.3 is 19.5 Å². The van der Waals surface area contributed by atoms with Crippen LogP contribution in [0.25, 0.3) is 0 Å². The molecule has 0 saturated carbocycles. The molecular formula is C24H26N2O6S. The molecule has 0 aliphatic heterocycles. The second-order valence-corrected chi connectivity index (χ2v) is 8.81. The van der Waals surface area contributed by atoms with Gasteiger partial charge in [0.15, 0.2) is 0 Å². The third-order valence-electron chi connectivity index (χ3n) is 4.96. The topological polar surface area (TPSA) is 94.2 Å². The first-order chi connectivity index (χ1) is 15.9. The van der Waals surface area contributed by atoms with Crippen molar-refractivity contribution in [1.82, 2.24) is 5.32 Å². The van der Waals surface area contributed by atoms with Gasteiger partial charge in [0.1, 0.15) is 23.8 Å². The van der Waals surface area contributed by atoms with E-state index in [4.69, 9.17) is 14.2 Å². The molecule has 1 amide bonds. The molecule has 3 rings (SSSR count). The van der Waals surface area contributed by atoms with Crippen LogP contribution in [0.15, 0.2) is 77.7 Å². The molecule has 0 aliphatic carbocycles. The Labute approximate surface area is 193 Å². The van der Waals surface area contributed by atoms with Crippen LogP contribution in [-0.4, -0.2) is 42.2 Å². The highest BCUT2D eigenvalue weighted by molar-refractivity contribution is 7.92. The number of amides is 1. The summed E-state index contributed by atoms with van der Waals surface area (Å²) >= 11 is 0. The lowest BCUT2D eigenvalue weighted by Crippen LogP contribution is -2.40. The van der Waals surface area contributed by atoms with Crippen molar-refractivity contribution in [2.45, 2.75) is 11.4 Å². The standard InChI is InChI=1S/C24H26N2O6S/c1-30-19-12-14-20(15-13-19)33(28,29)26(21-9-5-7-11-23(21)32-3)17-24(27)25-16-18-8-4-6-10-22(18)31-2/h4-15H,16-17H2,1-3H3,(H,25,27). The number of rotatable bonds is 10. The molecule has 0 bridgehead atoms. The third-order valence-corrected chi connectivity index (χ3v) is 6.73. The summed E-state index contributed by atoms with van der Waals surface area (Å²) in [4.78, 5) is 12.9. The Morgan fingerprint density at radius 3 is 2.06 bits per heavy atom. The molecule has 0 radical (unpaired) electrons. The van der Waals surface area contributed by atoms with Crippen molar-refractivity contribution >= 4 is 21.6 Å². The molecule has 1 N–H and O–H groups in total. The van der Waals surface area contributed by atoms with Crippen LogP contribution in [-0.2, 0) is 21.4 Å². The van der Waals surface area contributed by atoms with Crippen LogP contribution in [0.1, 0.15) is 5.56 Å². The van der Waals surface area contributed by atoms with Gasteiger partial charge in [0.05, 0.1) is 31.9 Å². The summed E-state index contributed by atoms with van der Waals surface area (Å²) in [5.41, 5.74) is 1.03. The summed E-state index contributed by atoms with van der Waals surface area (Å²) in [7, 11) is 0.397. The molecule has 9 heteroatoms. The fourth-order valence-corrected chi connectivity index (χ4v) is 4.67. The lowest BCUT2D eigenvalue weighted by Gasteiger charge is -2.25. The Balaban J connectivity index is 1.91. The Morgan fingerprint density at radius 1 is 0.818 bits per heavy atom. The first kappa shape index (κ1) is 23.9. The molecule has 3 aromatic rings. The van der Waals surface area contributed by atoms with Crippen LogP contribution in [0.2, 0.25) is 0 Å². The Hall–Kier alpha value is -3.72. The van der Waals surface area contributed by atoms with Crippen molar-refractivity contribution in [3.05, 3.63) is 78.4 Å². The third kappa shape index (κ3) is 5.56. The maximum atomic E-state index is 13.5. The van der Waals surface area contributed by atoms with Gasteiger partial charge in [-0.15, -0.1) is 0 Å². The van der Waals surface area contributed by atoms with E-state index in [2.05, 4.69) is 5.32 Å². The van der Waals surface area contributed by atoms with Gasteiger partial charge in [-0.05, 0) is 42.5 Å². The second-order valence-electron chi connectivity index (χ2n) is 6.95. The minimum absolute atomic E-state index is 0.0201. The number of carbonyl (C=O) groups excluding carboxylic acids is 1. The number of benzene rings is 3. The van der Waals surface area contributed by atoms with E-state index in [0.29, 0.717) is 17.2 Å². The number of carbonyl (C=O) groups is 1. The number of anilines is 1. The van der Waals surface area contributed by atoms with Gasteiger partial charge in [-0.25, -0.2) is 8.42 Å². The SMILES string of the molecule is COc1ccc(S(=O)(=O)N(CC(=O)NCc2ccccc2OC)c2ccccc2OC)cc1. The molecule has 0 aromatic heterocycles. The van der Waals surface area contributed by atoms with Gasteiger partial charge in [-0.1, -0.05) is 30.3 Å². The first-order valence-corrected chi connectivity index (χ1v) is 11.5. The maximum Gasteiger partial charge on any atom is 0.264 e. The van der Waals surface area contributed by atoms with Crippen molar-refractivity contribution in [2.75, 3.05) is 32.2 Å². The Kier molecular flexibility index (Phi) is 7.78. The van der Waals surface area contributed by atoms with E-state index in [1.165, 1.54) is 26.4 Å². The van der Waals surface area contributed by atoms with E-state index in [-0.39, 0.29) is 17.1 Å². The molecule has 3 aromatic carbocycles. The Morgan fingerprint density at radius 2 is 1.42 bits per heavy atom. The number of sulfonamides is 1. The molecule has 33 heavy (non-hydrogen) atoms. The lowest BCUT2D eigenvalue weighted by atomic mass is 10.2. The molecule has 0 spiro atoms. The van der Waals surface area contributed by atoms with Gasteiger partial charge in [0.25, 0.3) is 10.0 Å². The highest BCUT2D eigenvalue weighted by Crippen LogP contribution is 2.32. The molecule has 0 unspecified atom stereocenters. The van der Waals surface area contributed by atoms with E-state index in [9.17, 15) is 13.2 Å². The smallest absolute Gasteiger partial charge is 0.264 e. The predicted molar refractivity (Wildman–Crippen MR) is 125 cm³/mol. The fraction of sp³-hybridized carbons (Fsp3) is 0.208. The zero-order valence-electron chi connectivity index (χ0n) is 18.6. The van der Waals surface area contributed by atoms with E-state index in [0.717, 1.165) is 9.87 Å². The molecule has 0 aliphatic rings. The van der Waals surface area contributed by atoms with Gasteiger partial charge in [-0.3, -0.25) is 9.10 Å². The average molecular weight is 471 g/mol. The van der Waals surface area contributed by atoms with Crippen molar-refractivity contribution in [3.8, 4) is 17.2 Å². The number of hydrogen-bond donors (Lipinski definition) is 1. The molecule has 0 atom stereocenters. The highest BCUT2D eigenvalue weighted by atomic mass is 32.2. The van der Waals surface area contributed by atoms with Crippen LogP contribution in [0.5, 0.6) is 17.2 Å². The van der Waals surface area contributed by atoms with Crippen LogP contribution < -0.4 is 23.8 Å². The van der Waals surface area contributed by atoms with Crippen molar-refractivity contribution < 1.29 is 27.4 Å². The van der Waals surface area contributed by atoms with Crippen LogP contribution in [0, 0.1) is 0 Å². The average Bonchev–Trinajstić information content (AvgIpc) is 2.86. The summed E-state index contributed by atoms with van der Waals surface area (Å²) in [5.74, 6) is 0.994. The number of methoxy groups -OCH3 is 3. The fourth-order valence-electron chi connectivity index (χ4n) is 3.24. The van der Waals surface area contributed by atoms with E-state index in [1.807, 2.05) is 18.2 Å². The number of hydrogen-bond acceptors (Lipinski definition) is 6. The van der Waals surface area contributed by atoms with Gasteiger partial charge in [0, 0.05) is 12.1 Å². The monoisotopic (exact) mass is 470 g/mol. The largest absolute Gasteiger partial charge is 0.497 e. The molecule has 0 fully saturated rings. The lowest BCUT2D eigenvalue weighted by molar-refractivity contribution is -0.119. The normalized spacial score (nSPS) is 10.9. The summed E-state index contributed by atoms with van der Waals surface area (Å²) in [6, 6.07) is 19.9. The minimum Gasteiger partial charge on any atom is -0.497 e. The summed E-state index contributed by atoms with van der Waals surface area (Å²) in [5, 5.41) is 2.77. The summed E-state index contributed by atoms with van der Waals surface area (Å²) in [6.07, 6.45) is 0. The zero-order valence-corrected chi connectivity index (χ0v) is 19.5. The van der Waals surface area contributed by atoms with E-state index in [1.54, 1.807) is 49.6 Å². The number of ether oxygens (including phenoxy) is 3. The quantitative estimate of drug-likeness (QED) is 0.489. The Bertz CT molecular complexity index is 1200. The van der Waals surface area contributed by atoms with Crippen LogP contribution in [0.4, 0.5) is 5.69 Å². The molecule has 0 heterocycles. The van der Waals surface area contributed by atoms with Gasteiger partial charge >= 0.3 is 0 Å². The zero-order chi connectivity index (χ0) is 23.8. The van der Waals surface area contributed by atoms with Crippen LogP contribution >= 0.6 is 0 Å². The van der Waals surface area contributed by atoms with E-state index >= 15 is 0 Å². The number of para-hydroxylation sites is 3. The van der Waals surface area contributed by atoms with Gasteiger partial charge in [-0.2, -0.15) is 0 Å². The second kappa shape index (κ2) is 10.7. The molecular weight excluding hydrogens is 444 g/mol. The van der Waals surface area contributed by atoms with Crippen LogP contribution in [0.3, 0.4) is 0 Å². The molecule has 174 valence electrons. The molecule has 8 nitrogen and oxygen atoms in total. The van der Waals surface area contributed by atoms with Crippen molar-refractivity contribution in [1.29, 1.82) is 0 Å². The summed E-state index contributed by atoms with van der Waals surface area (Å²) < 4.78 is 43.9. The minimum atomic E-state index is -4.09.